The van der Waals surface area contributed by atoms with Crippen LogP contribution in [0.2, 0.25) is 0 Å². The maximum atomic E-state index is 13.3. The molecule has 11 heteroatoms. The second kappa shape index (κ2) is 8.62. The van der Waals surface area contributed by atoms with Gasteiger partial charge in [-0.1, -0.05) is 12.1 Å². The van der Waals surface area contributed by atoms with Crippen molar-refractivity contribution in [3.8, 4) is 0 Å². The molecule has 0 saturated carbocycles. The quantitative estimate of drug-likeness (QED) is 0.609. The molecule has 3 aromatic rings. The Morgan fingerprint density at radius 2 is 2.06 bits per heavy atom. The molecule has 174 valence electrons. The van der Waals surface area contributed by atoms with E-state index in [9.17, 15) is 27.6 Å². The fourth-order valence-electron chi connectivity index (χ4n) is 3.93. The summed E-state index contributed by atoms with van der Waals surface area (Å²) >= 11 is 1.05. The smallest absolute Gasteiger partial charge is 0.343 e. The fraction of sp³-hybridized carbons (Fsp3) is 0.364. The first-order valence-electron chi connectivity index (χ1n) is 10.3. The van der Waals surface area contributed by atoms with Gasteiger partial charge in [-0.25, -0.2) is 4.98 Å². The van der Waals surface area contributed by atoms with Gasteiger partial charge in [0.1, 0.15) is 4.83 Å². The Labute approximate surface area is 190 Å². The van der Waals surface area contributed by atoms with Crippen molar-refractivity contribution in [3.05, 3.63) is 62.5 Å². The molecule has 1 N–H and O–H groups in total. The number of fused-ring (bicyclic) bond motifs is 1. The van der Waals surface area contributed by atoms with Crippen molar-refractivity contribution >= 4 is 33.4 Å². The van der Waals surface area contributed by atoms with Gasteiger partial charge in [-0.2, -0.15) is 13.2 Å². The number of aromatic nitrogens is 2. The zero-order valence-corrected chi connectivity index (χ0v) is 18.7. The number of carbonyl (C=O) groups is 2. The molecule has 1 unspecified atom stereocenters. The van der Waals surface area contributed by atoms with Crippen LogP contribution >= 0.6 is 11.3 Å². The summed E-state index contributed by atoms with van der Waals surface area (Å²) in [5, 5.41) is 3.12. The molecular formula is C22H21F3N4O3S. The summed E-state index contributed by atoms with van der Waals surface area (Å²) < 4.78 is 41.1. The lowest BCUT2D eigenvalue weighted by molar-refractivity contribution is -0.137. The zero-order valence-electron chi connectivity index (χ0n) is 17.9. The van der Waals surface area contributed by atoms with Crippen LogP contribution in [0.15, 0.2) is 35.4 Å². The molecule has 2 amide bonds. The second-order valence-electron chi connectivity index (χ2n) is 7.99. The number of halogens is 3. The lowest BCUT2D eigenvalue weighted by Gasteiger charge is -2.25. The van der Waals surface area contributed by atoms with Crippen molar-refractivity contribution in [2.24, 2.45) is 7.05 Å². The van der Waals surface area contributed by atoms with Crippen LogP contribution in [0.1, 0.15) is 45.2 Å². The summed E-state index contributed by atoms with van der Waals surface area (Å²) in [6.45, 7) is 2.17. The Bertz CT molecular complexity index is 1300. The van der Waals surface area contributed by atoms with Crippen molar-refractivity contribution in [2.75, 3.05) is 13.1 Å². The number of amides is 2. The number of benzene rings is 1. The van der Waals surface area contributed by atoms with Gasteiger partial charge in [0.2, 0.25) is 5.91 Å². The molecular weight excluding hydrogens is 457 g/mol. The lowest BCUT2D eigenvalue weighted by Crippen LogP contribution is -2.38. The molecule has 1 atom stereocenters. The number of hydrogen-bond donors (Lipinski definition) is 1. The number of alkyl halides is 3. The summed E-state index contributed by atoms with van der Waals surface area (Å²) in [5.41, 5.74) is -0.422. The van der Waals surface area contributed by atoms with Gasteiger partial charge >= 0.3 is 6.18 Å². The third-order valence-electron chi connectivity index (χ3n) is 5.71. The van der Waals surface area contributed by atoms with Crippen molar-refractivity contribution in [1.29, 1.82) is 0 Å². The highest BCUT2D eigenvalue weighted by atomic mass is 32.1. The minimum atomic E-state index is -4.54. The van der Waals surface area contributed by atoms with Gasteiger partial charge in [0.25, 0.3) is 11.5 Å². The average Bonchev–Trinajstić information content (AvgIpc) is 3.32. The topological polar surface area (TPSA) is 84.3 Å². The van der Waals surface area contributed by atoms with Crippen LogP contribution in [-0.2, 0) is 18.0 Å². The monoisotopic (exact) mass is 478 g/mol. The molecule has 0 aliphatic carbocycles. The van der Waals surface area contributed by atoms with Crippen molar-refractivity contribution in [3.63, 3.8) is 0 Å². The summed E-state index contributed by atoms with van der Waals surface area (Å²) in [6.07, 6.45) is -2.14. The van der Waals surface area contributed by atoms with Gasteiger partial charge in [0, 0.05) is 26.6 Å². The number of rotatable bonds is 5. The van der Waals surface area contributed by atoms with E-state index < -0.39 is 23.7 Å². The molecule has 33 heavy (non-hydrogen) atoms. The maximum absolute atomic E-state index is 13.3. The van der Waals surface area contributed by atoms with Crippen LogP contribution < -0.4 is 10.9 Å². The standard InChI is InChI=1S/C22H21F3N4O3S/c1-12-17-20(26-11-28(2)21(17)32)33-18(12)19(31)27-15(10-29-8-4-7-16(29)30)13-5-3-6-14(9-13)22(23,24)25/h3,5-6,9,11,15H,4,7-8,10H2,1-2H3,(H,27,31). The molecule has 2 aromatic heterocycles. The Morgan fingerprint density at radius 3 is 2.73 bits per heavy atom. The van der Waals surface area contributed by atoms with Crippen LogP contribution in [0.25, 0.3) is 10.2 Å². The Hall–Kier alpha value is -3.21. The summed E-state index contributed by atoms with van der Waals surface area (Å²) in [4.78, 5) is 44.2. The molecule has 1 saturated heterocycles. The van der Waals surface area contributed by atoms with Gasteiger partial charge in [0.05, 0.1) is 28.2 Å². The summed E-state index contributed by atoms with van der Waals surface area (Å²) in [5.74, 6) is -0.640. The minimum absolute atomic E-state index is 0.0514. The Morgan fingerprint density at radius 1 is 1.30 bits per heavy atom. The van der Waals surface area contributed by atoms with E-state index in [1.807, 2.05) is 0 Å². The third kappa shape index (κ3) is 4.50. The molecule has 1 aliphatic heterocycles. The number of hydrogen-bond acceptors (Lipinski definition) is 5. The van der Waals surface area contributed by atoms with Crippen LogP contribution in [0.3, 0.4) is 0 Å². The fourth-order valence-corrected chi connectivity index (χ4v) is 4.98. The first kappa shape index (κ1) is 23.0. The van der Waals surface area contributed by atoms with Gasteiger partial charge in [-0.3, -0.25) is 14.4 Å². The maximum Gasteiger partial charge on any atom is 0.416 e. The van der Waals surface area contributed by atoms with Crippen molar-refractivity contribution in [2.45, 2.75) is 32.0 Å². The highest BCUT2D eigenvalue weighted by Crippen LogP contribution is 2.32. The highest BCUT2D eigenvalue weighted by Gasteiger charge is 2.32. The molecule has 0 radical (unpaired) electrons. The molecule has 7 nitrogen and oxygen atoms in total. The number of aryl methyl sites for hydroxylation is 2. The Kier molecular flexibility index (Phi) is 6.00. The average molecular weight is 478 g/mol. The van der Waals surface area contributed by atoms with E-state index in [2.05, 4.69) is 10.3 Å². The first-order chi connectivity index (χ1) is 15.6. The van der Waals surface area contributed by atoms with E-state index in [0.717, 1.165) is 23.5 Å². The highest BCUT2D eigenvalue weighted by molar-refractivity contribution is 7.20. The zero-order chi connectivity index (χ0) is 23.9. The number of nitrogens with zero attached hydrogens (tertiary/aromatic N) is 3. The van der Waals surface area contributed by atoms with Gasteiger partial charge in [-0.15, -0.1) is 11.3 Å². The molecule has 1 fully saturated rings. The lowest BCUT2D eigenvalue weighted by atomic mass is 10.0. The van der Waals surface area contributed by atoms with Gasteiger partial charge in [-0.05, 0) is 36.6 Å². The molecule has 0 bridgehead atoms. The normalized spacial score (nSPS) is 15.3. The molecule has 1 aromatic carbocycles. The minimum Gasteiger partial charge on any atom is -0.343 e. The number of nitrogens with one attached hydrogen (secondary N) is 1. The first-order valence-corrected chi connectivity index (χ1v) is 11.1. The predicted molar refractivity (Wildman–Crippen MR) is 117 cm³/mol. The van der Waals surface area contributed by atoms with E-state index in [-0.39, 0.29) is 28.5 Å². The van der Waals surface area contributed by atoms with Crippen molar-refractivity contribution in [1.82, 2.24) is 19.8 Å². The van der Waals surface area contributed by atoms with E-state index in [0.29, 0.717) is 35.2 Å². The van der Waals surface area contributed by atoms with Crippen LogP contribution in [0.5, 0.6) is 0 Å². The number of thiophene rings is 1. The second-order valence-corrected chi connectivity index (χ2v) is 8.99. The SMILES string of the molecule is Cc1c(C(=O)NC(CN2CCCC2=O)c2cccc(C(F)(F)F)c2)sc2ncn(C)c(=O)c12. The van der Waals surface area contributed by atoms with E-state index in [1.165, 1.54) is 23.0 Å². The third-order valence-corrected chi connectivity index (χ3v) is 6.91. The van der Waals surface area contributed by atoms with Crippen LogP contribution in [0, 0.1) is 6.92 Å². The van der Waals surface area contributed by atoms with E-state index in [4.69, 9.17) is 0 Å². The summed E-state index contributed by atoms with van der Waals surface area (Å²) in [6, 6.07) is 3.86. The Balaban J connectivity index is 1.70. The molecule has 3 heterocycles. The van der Waals surface area contributed by atoms with E-state index >= 15 is 0 Å². The number of likely N-dealkylation sites (tertiary alicyclic amines) is 1. The van der Waals surface area contributed by atoms with Gasteiger partial charge < -0.3 is 14.8 Å². The van der Waals surface area contributed by atoms with E-state index in [1.54, 1.807) is 18.9 Å². The molecule has 1 aliphatic rings. The van der Waals surface area contributed by atoms with Crippen LogP contribution in [-0.4, -0.2) is 39.4 Å². The van der Waals surface area contributed by atoms with Crippen molar-refractivity contribution < 1.29 is 22.8 Å². The summed E-state index contributed by atoms with van der Waals surface area (Å²) in [7, 11) is 1.56. The predicted octanol–water partition coefficient (Wildman–Crippen LogP) is 3.42. The molecule has 4 rings (SSSR count). The molecule has 0 spiro atoms. The van der Waals surface area contributed by atoms with Crippen LogP contribution in [0.4, 0.5) is 13.2 Å². The number of carbonyl (C=O) groups excluding carboxylic acids is 2. The van der Waals surface area contributed by atoms with Gasteiger partial charge in [0.15, 0.2) is 0 Å². The largest absolute Gasteiger partial charge is 0.416 e.